The van der Waals surface area contributed by atoms with E-state index in [1.54, 1.807) is 12.1 Å². The fraction of sp³-hybridized carbons (Fsp3) is 0.231. The van der Waals surface area contributed by atoms with Gasteiger partial charge in [0.25, 0.3) is 0 Å². The molecule has 0 amide bonds. The minimum Gasteiger partial charge on any atom is -0.451 e. The van der Waals surface area contributed by atoms with Crippen LogP contribution in [-0.2, 0) is 6.18 Å². The summed E-state index contributed by atoms with van der Waals surface area (Å²) in [4.78, 5) is 0. The van der Waals surface area contributed by atoms with Gasteiger partial charge in [-0.1, -0.05) is 6.07 Å². The van der Waals surface area contributed by atoms with E-state index in [9.17, 15) is 18.3 Å². The fourth-order valence-electron chi connectivity index (χ4n) is 1.79. The predicted molar refractivity (Wildman–Crippen MR) is 66.7 cm³/mol. The standard InChI is InChI=1S/C13H10BrF3O2/c1-7-6-8(13(15,16)17)2-3-9(7)12(18)10-4-5-11(14)19-10/h2-6,12,18H,1H3. The summed E-state index contributed by atoms with van der Waals surface area (Å²) in [5.41, 5.74) is 0.00581. The molecule has 1 aromatic heterocycles. The number of hydrogen-bond donors (Lipinski definition) is 1. The first-order chi connectivity index (χ1) is 8.79. The van der Waals surface area contributed by atoms with Gasteiger partial charge in [-0.25, -0.2) is 0 Å². The van der Waals surface area contributed by atoms with Crippen molar-refractivity contribution < 1.29 is 22.7 Å². The molecule has 2 nitrogen and oxygen atoms in total. The predicted octanol–water partition coefficient (Wildman–Crippen LogP) is 4.45. The zero-order valence-corrected chi connectivity index (χ0v) is 11.4. The van der Waals surface area contributed by atoms with Crippen LogP contribution in [0.25, 0.3) is 0 Å². The molecule has 0 aliphatic carbocycles. The number of alkyl halides is 3. The Kier molecular flexibility index (Phi) is 3.73. The Morgan fingerprint density at radius 3 is 2.37 bits per heavy atom. The van der Waals surface area contributed by atoms with Gasteiger partial charge in [0.15, 0.2) is 4.67 Å². The molecule has 1 N–H and O–H groups in total. The van der Waals surface area contributed by atoms with E-state index in [4.69, 9.17) is 4.42 Å². The summed E-state index contributed by atoms with van der Waals surface area (Å²) in [5.74, 6) is 0.273. The Morgan fingerprint density at radius 2 is 1.89 bits per heavy atom. The monoisotopic (exact) mass is 334 g/mol. The van der Waals surface area contributed by atoms with Crippen molar-refractivity contribution in [2.75, 3.05) is 0 Å². The average molecular weight is 335 g/mol. The van der Waals surface area contributed by atoms with Crippen LogP contribution in [0.5, 0.6) is 0 Å². The minimum absolute atomic E-state index is 0.273. The third-order valence-electron chi connectivity index (χ3n) is 2.76. The number of aryl methyl sites for hydroxylation is 1. The van der Waals surface area contributed by atoms with E-state index in [0.717, 1.165) is 12.1 Å². The molecule has 0 bridgehead atoms. The highest BCUT2D eigenvalue weighted by Crippen LogP contribution is 2.33. The van der Waals surface area contributed by atoms with Crippen molar-refractivity contribution in [3.8, 4) is 0 Å². The highest BCUT2D eigenvalue weighted by molar-refractivity contribution is 9.10. The number of aliphatic hydroxyl groups is 1. The van der Waals surface area contributed by atoms with Crippen molar-refractivity contribution in [1.29, 1.82) is 0 Å². The van der Waals surface area contributed by atoms with Gasteiger partial charge in [-0.3, -0.25) is 0 Å². The largest absolute Gasteiger partial charge is 0.451 e. The van der Waals surface area contributed by atoms with E-state index >= 15 is 0 Å². The zero-order chi connectivity index (χ0) is 14.2. The summed E-state index contributed by atoms with van der Waals surface area (Å²) in [6.45, 7) is 1.52. The van der Waals surface area contributed by atoms with Gasteiger partial charge < -0.3 is 9.52 Å². The van der Waals surface area contributed by atoms with Crippen LogP contribution >= 0.6 is 15.9 Å². The first kappa shape index (κ1) is 14.1. The second kappa shape index (κ2) is 5.02. The third kappa shape index (κ3) is 3.01. The maximum Gasteiger partial charge on any atom is 0.416 e. The normalized spacial score (nSPS) is 13.6. The van der Waals surface area contributed by atoms with E-state index in [1.807, 2.05) is 0 Å². The van der Waals surface area contributed by atoms with Gasteiger partial charge in [0, 0.05) is 0 Å². The van der Waals surface area contributed by atoms with Crippen LogP contribution in [0.2, 0.25) is 0 Å². The Morgan fingerprint density at radius 1 is 1.21 bits per heavy atom. The smallest absolute Gasteiger partial charge is 0.416 e. The molecule has 0 radical (unpaired) electrons. The topological polar surface area (TPSA) is 33.4 Å². The molecule has 0 aliphatic rings. The highest BCUT2D eigenvalue weighted by Gasteiger charge is 2.31. The van der Waals surface area contributed by atoms with E-state index < -0.39 is 17.8 Å². The molecule has 19 heavy (non-hydrogen) atoms. The Balaban J connectivity index is 2.36. The van der Waals surface area contributed by atoms with Crippen molar-refractivity contribution in [2.24, 2.45) is 0 Å². The number of hydrogen-bond acceptors (Lipinski definition) is 2. The third-order valence-corrected chi connectivity index (χ3v) is 3.18. The van der Waals surface area contributed by atoms with E-state index in [2.05, 4.69) is 15.9 Å². The lowest BCUT2D eigenvalue weighted by molar-refractivity contribution is -0.137. The van der Waals surface area contributed by atoms with Gasteiger partial charge >= 0.3 is 6.18 Å². The number of rotatable bonds is 2. The Bertz CT molecular complexity index is 590. The van der Waals surface area contributed by atoms with E-state index in [0.29, 0.717) is 15.8 Å². The van der Waals surface area contributed by atoms with Crippen molar-refractivity contribution in [2.45, 2.75) is 19.2 Å². The van der Waals surface area contributed by atoms with Crippen molar-refractivity contribution in [3.63, 3.8) is 0 Å². The summed E-state index contributed by atoms with van der Waals surface area (Å²) >= 11 is 3.10. The molecule has 1 heterocycles. The van der Waals surface area contributed by atoms with E-state index in [-0.39, 0.29) is 5.76 Å². The van der Waals surface area contributed by atoms with Crippen molar-refractivity contribution in [1.82, 2.24) is 0 Å². The molecule has 2 aromatic rings. The lowest BCUT2D eigenvalue weighted by Gasteiger charge is -2.14. The summed E-state index contributed by atoms with van der Waals surface area (Å²) in [5, 5.41) is 10.1. The molecule has 2 rings (SSSR count). The molecule has 0 saturated carbocycles. The van der Waals surface area contributed by atoms with Gasteiger partial charge in [0.1, 0.15) is 11.9 Å². The number of halogens is 4. The van der Waals surface area contributed by atoms with Gasteiger partial charge in [0.2, 0.25) is 0 Å². The highest BCUT2D eigenvalue weighted by atomic mass is 79.9. The molecule has 1 aromatic carbocycles. The summed E-state index contributed by atoms with van der Waals surface area (Å²) in [6, 6.07) is 6.39. The van der Waals surface area contributed by atoms with Crippen LogP contribution in [-0.4, -0.2) is 5.11 Å². The number of furan rings is 1. The van der Waals surface area contributed by atoms with Crippen LogP contribution in [0.3, 0.4) is 0 Å². The fourth-order valence-corrected chi connectivity index (χ4v) is 2.11. The lowest BCUT2D eigenvalue weighted by atomic mass is 9.99. The molecule has 0 aliphatic heterocycles. The Hall–Kier alpha value is -1.27. The molecular weight excluding hydrogens is 325 g/mol. The maximum absolute atomic E-state index is 12.5. The molecule has 0 spiro atoms. The molecule has 0 fully saturated rings. The van der Waals surface area contributed by atoms with Crippen LogP contribution in [0.1, 0.15) is 28.6 Å². The van der Waals surface area contributed by atoms with Crippen molar-refractivity contribution in [3.05, 3.63) is 57.5 Å². The minimum atomic E-state index is -4.39. The van der Waals surface area contributed by atoms with Gasteiger partial charge in [-0.05, 0) is 58.2 Å². The van der Waals surface area contributed by atoms with E-state index in [1.165, 1.54) is 13.0 Å². The van der Waals surface area contributed by atoms with Crippen LogP contribution < -0.4 is 0 Å². The first-order valence-electron chi connectivity index (χ1n) is 5.40. The summed E-state index contributed by atoms with van der Waals surface area (Å²) < 4.78 is 43.3. The molecule has 6 heteroatoms. The lowest BCUT2D eigenvalue weighted by Crippen LogP contribution is -2.07. The maximum atomic E-state index is 12.5. The van der Waals surface area contributed by atoms with Gasteiger partial charge in [-0.2, -0.15) is 13.2 Å². The number of aliphatic hydroxyl groups excluding tert-OH is 1. The second-order valence-electron chi connectivity index (χ2n) is 4.11. The van der Waals surface area contributed by atoms with Crippen LogP contribution in [0.4, 0.5) is 13.2 Å². The second-order valence-corrected chi connectivity index (χ2v) is 4.90. The van der Waals surface area contributed by atoms with Crippen LogP contribution in [0, 0.1) is 6.92 Å². The SMILES string of the molecule is Cc1cc(C(F)(F)F)ccc1C(O)c1ccc(Br)o1. The average Bonchev–Trinajstić information content (AvgIpc) is 2.73. The summed E-state index contributed by atoms with van der Waals surface area (Å²) in [6.07, 6.45) is -5.48. The van der Waals surface area contributed by atoms with Gasteiger partial charge in [-0.15, -0.1) is 0 Å². The molecule has 0 saturated heterocycles. The molecule has 1 unspecified atom stereocenters. The molecule has 102 valence electrons. The summed E-state index contributed by atoms with van der Waals surface area (Å²) in [7, 11) is 0. The zero-order valence-electron chi connectivity index (χ0n) is 9.83. The number of benzene rings is 1. The molecular formula is C13H10BrF3O2. The van der Waals surface area contributed by atoms with Gasteiger partial charge in [0.05, 0.1) is 5.56 Å². The Labute approximate surface area is 116 Å². The first-order valence-corrected chi connectivity index (χ1v) is 6.19. The van der Waals surface area contributed by atoms with Crippen LogP contribution in [0.15, 0.2) is 39.4 Å². The van der Waals surface area contributed by atoms with Crippen molar-refractivity contribution >= 4 is 15.9 Å². The molecule has 1 atom stereocenters. The quantitative estimate of drug-likeness (QED) is 0.880.